The highest BCUT2D eigenvalue weighted by atomic mass is 16.8. The van der Waals surface area contributed by atoms with Gasteiger partial charge in [-0.15, -0.1) is 0 Å². The highest BCUT2D eigenvalue weighted by molar-refractivity contribution is 4.92. The Balaban J connectivity index is 2.07. The van der Waals surface area contributed by atoms with Crippen molar-refractivity contribution in [2.24, 2.45) is 5.92 Å². The van der Waals surface area contributed by atoms with Crippen LogP contribution in [0.3, 0.4) is 0 Å². The Bertz CT molecular complexity index is 229. The zero-order valence-corrected chi connectivity index (χ0v) is 9.60. The lowest BCUT2D eigenvalue weighted by Gasteiger charge is -2.24. The molecule has 2 saturated heterocycles. The Morgan fingerprint density at radius 3 is 2.60 bits per heavy atom. The maximum absolute atomic E-state index is 9.21. The summed E-state index contributed by atoms with van der Waals surface area (Å²) in [6.07, 6.45) is 1.63. The van der Waals surface area contributed by atoms with Gasteiger partial charge in [-0.25, -0.2) is 0 Å². The van der Waals surface area contributed by atoms with Crippen LogP contribution in [-0.4, -0.2) is 36.0 Å². The monoisotopic (exact) mass is 216 g/mol. The molecule has 0 aromatic carbocycles. The van der Waals surface area contributed by atoms with Crippen molar-refractivity contribution in [1.82, 2.24) is 0 Å². The van der Waals surface area contributed by atoms with E-state index in [4.69, 9.17) is 14.2 Å². The molecule has 15 heavy (non-hydrogen) atoms. The fraction of sp³-hybridized carbons (Fsp3) is 1.00. The molecule has 0 bridgehead atoms. The maximum atomic E-state index is 9.21. The topological polar surface area (TPSA) is 47.9 Å². The van der Waals surface area contributed by atoms with Crippen LogP contribution in [0, 0.1) is 5.92 Å². The predicted molar refractivity (Wildman–Crippen MR) is 54.2 cm³/mol. The van der Waals surface area contributed by atoms with Crippen molar-refractivity contribution >= 4 is 0 Å². The van der Waals surface area contributed by atoms with E-state index >= 15 is 0 Å². The van der Waals surface area contributed by atoms with Gasteiger partial charge in [-0.2, -0.15) is 0 Å². The first-order chi connectivity index (χ1) is 7.07. The molecule has 0 saturated carbocycles. The van der Waals surface area contributed by atoms with Crippen molar-refractivity contribution in [1.29, 1.82) is 0 Å². The SMILES string of the molecule is CCCC1[C@@H](CO)O[C@@H]2OC(C)(C)O[C@@H]12. The molecule has 1 N–H and O–H groups in total. The molecule has 0 radical (unpaired) electrons. The van der Waals surface area contributed by atoms with Crippen LogP contribution in [0.5, 0.6) is 0 Å². The van der Waals surface area contributed by atoms with Gasteiger partial charge in [-0.1, -0.05) is 13.3 Å². The van der Waals surface area contributed by atoms with Gasteiger partial charge in [0.15, 0.2) is 12.1 Å². The summed E-state index contributed by atoms with van der Waals surface area (Å²) in [6, 6.07) is 0. The molecule has 4 nitrogen and oxygen atoms in total. The van der Waals surface area contributed by atoms with Crippen molar-refractivity contribution in [2.45, 2.75) is 57.9 Å². The highest BCUT2D eigenvalue weighted by Crippen LogP contribution is 2.42. The lowest BCUT2D eigenvalue weighted by molar-refractivity contribution is -0.213. The van der Waals surface area contributed by atoms with Gasteiger partial charge < -0.3 is 19.3 Å². The standard InChI is InChI=1S/C11H20O4/c1-4-5-7-8(6-12)13-10-9(7)14-11(2,3)15-10/h7-10,12H,4-6H2,1-3H3/t7?,8-,9+,10-/m1/s1. The van der Waals surface area contributed by atoms with Gasteiger partial charge in [-0.05, 0) is 20.3 Å². The van der Waals surface area contributed by atoms with Crippen molar-refractivity contribution in [3.05, 3.63) is 0 Å². The third kappa shape index (κ3) is 2.04. The number of aliphatic hydroxyl groups excluding tert-OH is 1. The fourth-order valence-corrected chi connectivity index (χ4v) is 2.50. The number of hydrogen-bond donors (Lipinski definition) is 1. The van der Waals surface area contributed by atoms with E-state index in [1.807, 2.05) is 13.8 Å². The van der Waals surface area contributed by atoms with E-state index in [-0.39, 0.29) is 31.0 Å². The fourth-order valence-electron chi connectivity index (χ4n) is 2.50. The predicted octanol–water partition coefficient (Wildman–Crippen LogP) is 1.27. The van der Waals surface area contributed by atoms with Crippen LogP contribution >= 0.6 is 0 Å². The molecule has 0 aliphatic carbocycles. The Labute approximate surface area is 90.5 Å². The molecule has 2 aliphatic rings. The second kappa shape index (κ2) is 4.01. The first-order valence-electron chi connectivity index (χ1n) is 5.69. The van der Waals surface area contributed by atoms with E-state index in [2.05, 4.69) is 6.92 Å². The van der Waals surface area contributed by atoms with Gasteiger partial charge in [0.05, 0.1) is 12.7 Å². The zero-order chi connectivity index (χ0) is 11.1. The molecule has 0 amide bonds. The second-order valence-electron chi connectivity index (χ2n) is 4.78. The largest absolute Gasteiger partial charge is 0.394 e. The van der Waals surface area contributed by atoms with E-state index < -0.39 is 5.79 Å². The van der Waals surface area contributed by atoms with Crippen LogP contribution in [0.1, 0.15) is 33.6 Å². The average molecular weight is 216 g/mol. The maximum Gasteiger partial charge on any atom is 0.187 e. The number of aliphatic hydroxyl groups is 1. The minimum atomic E-state index is -0.554. The third-order valence-corrected chi connectivity index (χ3v) is 3.10. The van der Waals surface area contributed by atoms with E-state index in [9.17, 15) is 5.11 Å². The Morgan fingerprint density at radius 2 is 2.00 bits per heavy atom. The summed E-state index contributed by atoms with van der Waals surface area (Å²) in [6.45, 7) is 5.96. The molecule has 2 rings (SSSR count). The molecule has 2 heterocycles. The summed E-state index contributed by atoms with van der Waals surface area (Å²) >= 11 is 0. The van der Waals surface area contributed by atoms with E-state index in [1.165, 1.54) is 0 Å². The molecule has 0 spiro atoms. The van der Waals surface area contributed by atoms with Crippen LogP contribution in [-0.2, 0) is 14.2 Å². The highest BCUT2D eigenvalue weighted by Gasteiger charge is 2.53. The first kappa shape index (κ1) is 11.3. The second-order valence-corrected chi connectivity index (χ2v) is 4.78. The summed E-state index contributed by atoms with van der Waals surface area (Å²) in [5, 5.41) is 9.21. The molecule has 4 heteroatoms. The average Bonchev–Trinajstić information content (AvgIpc) is 2.60. The van der Waals surface area contributed by atoms with Crippen LogP contribution < -0.4 is 0 Å². The Kier molecular flexibility index (Phi) is 3.03. The molecule has 4 atom stereocenters. The third-order valence-electron chi connectivity index (χ3n) is 3.10. The number of ether oxygens (including phenoxy) is 3. The minimum Gasteiger partial charge on any atom is -0.394 e. The Hall–Kier alpha value is -0.160. The molecule has 88 valence electrons. The molecule has 0 aromatic rings. The summed E-state index contributed by atoms with van der Waals surface area (Å²) in [7, 11) is 0. The van der Waals surface area contributed by atoms with Gasteiger partial charge >= 0.3 is 0 Å². The minimum absolute atomic E-state index is 0.0166. The zero-order valence-electron chi connectivity index (χ0n) is 9.60. The number of hydrogen-bond acceptors (Lipinski definition) is 4. The summed E-state index contributed by atoms with van der Waals surface area (Å²) in [5.74, 6) is -0.298. The van der Waals surface area contributed by atoms with Gasteiger partial charge in [0.2, 0.25) is 0 Å². The van der Waals surface area contributed by atoms with Crippen LogP contribution in [0.4, 0.5) is 0 Å². The smallest absolute Gasteiger partial charge is 0.187 e. The van der Waals surface area contributed by atoms with Crippen LogP contribution in [0.25, 0.3) is 0 Å². The van der Waals surface area contributed by atoms with E-state index in [0.29, 0.717) is 0 Å². The van der Waals surface area contributed by atoms with Gasteiger partial charge in [0.25, 0.3) is 0 Å². The van der Waals surface area contributed by atoms with Gasteiger partial charge in [0.1, 0.15) is 6.10 Å². The van der Waals surface area contributed by atoms with Crippen molar-refractivity contribution < 1.29 is 19.3 Å². The van der Waals surface area contributed by atoms with Crippen molar-refractivity contribution in [2.75, 3.05) is 6.61 Å². The first-order valence-corrected chi connectivity index (χ1v) is 5.69. The molecule has 1 unspecified atom stereocenters. The van der Waals surface area contributed by atoms with E-state index in [1.54, 1.807) is 0 Å². The quantitative estimate of drug-likeness (QED) is 0.772. The molecular weight excluding hydrogens is 196 g/mol. The molecule has 0 aromatic heterocycles. The van der Waals surface area contributed by atoms with Crippen LogP contribution in [0.2, 0.25) is 0 Å². The van der Waals surface area contributed by atoms with Gasteiger partial charge in [-0.3, -0.25) is 0 Å². The Morgan fingerprint density at radius 1 is 1.27 bits per heavy atom. The number of rotatable bonds is 3. The molecule has 2 fully saturated rings. The number of fused-ring (bicyclic) bond motifs is 1. The van der Waals surface area contributed by atoms with E-state index in [0.717, 1.165) is 12.8 Å². The van der Waals surface area contributed by atoms with Crippen molar-refractivity contribution in [3.63, 3.8) is 0 Å². The molecular formula is C11H20O4. The van der Waals surface area contributed by atoms with Crippen molar-refractivity contribution in [3.8, 4) is 0 Å². The lowest BCUT2D eigenvalue weighted by atomic mass is 9.94. The summed E-state index contributed by atoms with van der Waals surface area (Å²) in [5.41, 5.74) is 0. The summed E-state index contributed by atoms with van der Waals surface area (Å²) in [4.78, 5) is 0. The summed E-state index contributed by atoms with van der Waals surface area (Å²) < 4.78 is 17.1. The van der Waals surface area contributed by atoms with Gasteiger partial charge in [0, 0.05) is 5.92 Å². The normalized spacial score (nSPS) is 43.2. The molecule has 2 aliphatic heterocycles. The van der Waals surface area contributed by atoms with Crippen LogP contribution in [0.15, 0.2) is 0 Å². The lowest BCUT2D eigenvalue weighted by Crippen LogP contribution is -2.31.